The Kier molecular flexibility index (Phi) is 5.58. The Hall–Kier alpha value is -1.60. The molecule has 0 aliphatic heterocycles. The molecule has 0 saturated carbocycles. The Bertz CT molecular complexity index is 631. The van der Waals surface area contributed by atoms with E-state index in [4.69, 9.17) is 9.47 Å². The lowest BCUT2D eigenvalue weighted by Gasteiger charge is -2.10. The molecule has 0 amide bonds. The predicted octanol–water partition coefficient (Wildman–Crippen LogP) is 4.58. The summed E-state index contributed by atoms with van der Waals surface area (Å²) in [5, 5.41) is 10.9. The molecule has 0 aliphatic rings. The number of halogens is 2. The van der Waals surface area contributed by atoms with Gasteiger partial charge in [-0.15, -0.1) is 0 Å². The van der Waals surface area contributed by atoms with Gasteiger partial charge in [-0.05, 0) is 46.3 Å². The van der Waals surface area contributed by atoms with E-state index in [0.29, 0.717) is 16.8 Å². The summed E-state index contributed by atoms with van der Waals surface area (Å²) in [6.45, 7) is 0.500. The van der Waals surface area contributed by atoms with Crippen LogP contribution in [-0.2, 0) is 0 Å². The van der Waals surface area contributed by atoms with Gasteiger partial charge in [0.05, 0.1) is 9.40 Å². The minimum absolute atomic E-state index is 0.0759. The lowest BCUT2D eigenvalue weighted by molar-refractivity contribution is -0.386. The smallest absolute Gasteiger partial charge is 0.312 e. The van der Waals surface area contributed by atoms with Crippen LogP contribution in [0.3, 0.4) is 0 Å². The highest BCUT2D eigenvalue weighted by Gasteiger charge is 2.17. The third kappa shape index (κ3) is 4.44. The molecule has 0 aliphatic carbocycles. The van der Waals surface area contributed by atoms with Gasteiger partial charge in [0.1, 0.15) is 19.0 Å². The van der Waals surface area contributed by atoms with E-state index in [1.54, 1.807) is 12.1 Å². The summed E-state index contributed by atoms with van der Waals surface area (Å²) in [5.74, 6) is 0.922. The molecule has 0 bridgehead atoms. The molecule has 2 aromatic carbocycles. The fourth-order valence-corrected chi connectivity index (χ4v) is 2.35. The van der Waals surface area contributed by atoms with Crippen LogP contribution in [-0.4, -0.2) is 18.1 Å². The van der Waals surface area contributed by atoms with E-state index in [1.165, 1.54) is 6.07 Å². The summed E-state index contributed by atoms with van der Waals surface area (Å²) in [6, 6.07) is 12.1. The van der Waals surface area contributed by atoms with Crippen LogP contribution in [0.1, 0.15) is 0 Å². The molecule has 0 N–H and O–H groups in total. The van der Waals surface area contributed by atoms with E-state index < -0.39 is 4.92 Å². The molecule has 7 heteroatoms. The number of nitrogens with zero attached hydrogens (tertiary/aromatic N) is 1. The first-order valence-electron chi connectivity index (χ1n) is 6.02. The molecule has 0 heterocycles. The Labute approximate surface area is 138 Å². The van der Waals surface area contributed by atoms with Crippen molar-refractivity contribution < 1.29 is 14.4 Å². The number of nitro groups is 1. The zero-order valence-corrected chi connectivity index (χ0v) is 14.0. The summed E-state index contributed by atoms with van der Waals surface area (Å²) < 4.78 is 12.5. The highest BCUT2D eigenvalue weighted by Crippen LogP contribution is 2.34. The molecule has 2 rings (SSSR count). The maximum atomic E-state index is 10.9. The fourth-order valence-electron chi connectivity index (χ4n) is 1.62. The first kappa shape index (κ1) is 15.8. The van der Waals surface area contributed by atoms with Crippen LogP contribution in [0.2, 0.25) is 0 Å². The fraction of sp³-hybridized carbons (Fsp3) is 0.143. The molecule has 21 heavy (non-hydrogen) atoms. The van der Waals surface area contributed by atoms with Gasteiger partial charge in [0.2, 0.25) is 5.75 Å². The Morgan fingerprint density at radius 3 is 2.33 bits per heavy atom. The first-order chi connectivity index (χ1) is 10.1. The number of hydrogen-bond donors (Lipinski definition) is 0. The summed E-state index contributed by atoms with van der Waals surface area (Å²) in [6.07, 6.45) is 0. The average molecular weight is 417 g/mol. The topological polar surface area (TPSA) is 61.6 Å². The normalized spacial score (nSPS) is 10.2. The van der Waals surface area contributed by atoms with Crippen LogP contribution in [0, 0.1) is 10.1 Å². The maximum absolute atomic E-state index is 10.9. The van der Waals surface area contributed by atoms with Crippen molar-refractivity contribution >= 4 is 37.5 Å². The quantitative estimate of drug-likeness (QED) is 0.393. The van der Waals surface area contributed by atoms with Crippen molar-refractivity contribution in [3.63, 3.8) is 0 Å². The van der Waals surface area contributed by atoms with Gasteiger partial charge in [-0.1, -0.05) is 22.0 Å². The number of nitro benzene ring substituents is 1. The lowest BCUT2D eigenvalue weighted by atomic mass is 10.3. The van der Waals surface area contributed by atoms with Crippen LogP contribution in [0.4, 0.5) is 5.69 Å². The summed E-state index contributed by atoms with van der Waals surface area (Å²) >= 11 is 6.58. The Morgan fingerprint density at radius 1 is 1.00 bits per heavy atom. The molecule has 110 valence electrons. The van der Waals surface area contributed by atoms with E-state index >= 15 is 0 Å². The Morgan fingerprint density at radius 2 is 1.67 bits per heavy atom. The zero-order chi connectivity index (χ0) is 15.2. The van der Waals surface area contributed by atoms with Crippen molar-refractivity contribution in [1.82, 2.24) is 0 Å². The van der Waals surface area contributed by atoms with E-state index in [2.05, 4.69) is 31.9 Å². The first-order valence-corrected chi connectivity index (χ1v) is 7.60. The lowest BCUT2D eigenvalue weighted by Crippen LogP contribution is -2.10. The number of benzene rings is 2. The van der Waals surface area contributed by atoms with Crippen LogP contribution < -0.4 is 9.47 Å². The Balaban J connectivity index is 1.92. The summed E-state index contributed by atoms with van der Waals surface area (Å²) in [5.41, 5.74) is -0.0759. The van der Waals surface area contributed by atoms with Crippen molar-refractivity contribution in [2.45, 2.75) is 0 Å². The summed E-state index contributed by atoms with van der Waals surface area (Å²) in [4.78, 5) is 10.5. The highest BCUT2D eigenvalue weighted by molar-refractivity contribution is 9.10. The monoisotopic (exact) mass is 415 g/mol. The van der Waals surface area contributed by atoms with Gasteiger partial charge in [0.25, 0.3) is 0 Å². The molecular formula is C14H11Br2NO4. The van der Waals surface area contributed by atoms with Gasteiger partial charge in [0.15, 0.2) is 0 Å². The molecular weight excluding hydrogens is 406 g/mol. The second-order valence-electron chi connectivity index (χ2n) is 4.00. The van der Waals surface area contributed by atoms with Crippen molar-refractivity contribution in [3.05, 3.63) is 61.5 Å². The minimum atomic E-state index is -0.477. The summed E-state index contributed by atoms with van der Waals surface area (Å²) in [7, 11) is 0. The van der Waals surface area contributed by atoms with E-state index in [9.17, 15) is 10.1 Å². The number of rotatable bonds is 6. The minimum Gasteiger partial charge on any atom is -0.490 e. The molecule has 0 atom stereocenters. The average Bonchev–Trinajstić information content (AvgIpc) is 2.46. The van der Waals surface area contributed by atoms with Gasteiger partial charge in [-0.2, -0.15) is 0 Å². The SMILES string of the molecule is O=[N+]([O-])c1cccc(Br)c1OCCOc1ccc(Br)cc1. The standard InChI is InChI=1S/C14H11Br2NO4/c15-10-4-6-11(7-5-10)20-8-9-21-14-12(16)2-1-3-13(14)17(18)19/h1-7H,8-9H2. The molecule has 0 unspecified atom stereocenters. The van der Waals surface area contributed by atoms with Crippen LogP contribution >= 0.6 is 31.9 Å². The van der Waals surface area contributed by atoms with Crippen LogP contribution in [0.15, 0.2) is 51.4 Å². The molecule has 2 aromatic rings. The third-order valence-electron chi connectivity index (χ3n) is 2.55. The zero-order valence-electron chi connectivity index (χ0n) is 10.8. The molecule has 0 spiro atoms. The second-order valence-corrected chi connectivity index (χ2v) is 5.77. The molecule has 0 fully saturated rings. The van der Waals surface area contributed by atoms with Crippen molar-refractivity contribution in [3.8, 4) is 11.5 Å². The molecule has 0 radical (unpaired) electrons. The van der Waals surface area contributed by atoms with Gasteiger partial charge in [-0.25, -0.2) is 0 Å². The van der Waals surface area contributed by atoms with Crippen LogP contribution in [0.5, 0.6) is 11.5 Å². The molecule has 0 saturated heterocycles. The third-order valence-corrected chi connectivity index (χ3v) is 3.71. The number of hydrogen-bond acceptors (Lipinski definition) is 4. The van der Waals surface area contributed by atoms with Gasteiger partial charge in [-0.3, -0.25) is 10.1 Å². The van der Waals surface area contributed by atoms with Crippen LogP contribution in [0.25, 0.3) is 0 Å². The van der Waals surface area contributed by atoms with Crippen molar-refractivity contribution in [1.29, 1.82) is 0 Å². The van der Waals surface area contributed by atoms with E-state index in [0.717, 1.165) is 4.47 Å². The van der Waals surface area contributed by atoms with Gasteiger partial charge < -0.3 is 9.47 Å². The highest BCUT2D eigenvalue weighted by atomic mass is 79.9. The van der Waals surface area contributed by atoms with Gasteiger partial charge >= 0.3 is 5.69 Å². The van der Waals surface area contributed by atoms with Crippen molar-refractivity contribution in [2.24, 2.45) is 0 Å². The van der Waals surface area contributed by atoms with E-state index in [1.807, 2.05) is 24.3 Å². The largest absolute Gasteiger partial charge is 0.490 e. The van der Waals surface area contributed by atoms with Gasteiger partial charge in [0, 0.05) is 10.5 Å². The van der Waals surface area contributed by atoms with Crippen molar-refractivity contribution in [2.75, 3.05) is 13.2 Å². The number of ether oxygens (including phenoxy) is 2. The van der Waals surface area contributed by atoms with E-state index in [-0.39, 0.29) is 18.0 Å². The number of para-hydroxylation sites is 1. The molecule has 5 nitrogen and oxygen atoms in total. The predicted molar refractivity (Wildman–Crippen MR) is 85.9 cm³/mol. The second kappa shape index (κ2) is 7.42. The maximum Gasteiger partial charge on any atom is 0.312 e. The molecule has 0 aromatic heterocycles.